The van der Waals surface area contributed by atoms with Gasteiger partial charge in [-0.1, -0.05) is 35.5 Å². The highest BCUT2D eigenvalue weighted by molar-refractivity contribution is 5.82. The molecular weight excluding hydrogens is 290 g/mol. The Bertz CT molecular complexity index is 942. The molecule has 0 saturated carbocycles. The van der Waals surface area contributed by atoms with Gasteiger partial charge in [-0.05, 0) is 18.2 Å². The van der Waals surface area contributed by atoms with Crippen LogP contribution in [-0.4, -0.2) is 19.9 Å². The lowest BCUT2D eigenvalue weighted by molar-refractivity contribution is 0.384. The summed E-state index contributed by atoms with van der Waals surface area (Å²) in [5.41, 5.74) is 3.00. The summed E-state index contributed by atoms with van der Waals surface area (Å²) in [5, 5.41) is 12.7. The minimum absolute atomic E-state index is 0.475. The lowest BCUT2D eigenvalue weighted by Crippen LogP contribution is -2.00. The molecule has 2 aromatic carbocycles. The molecule has 4 aromatic rings. The third kappa shape index (κ3) is 2.66. The Labute approximate surface area is 132 Å². The Morgan fingerprint density at radius 1 is 1.13 bits per heavy atom. The number of aromatic nitrogens is 4. The van der Waals surface area contributed by atoms with Gasteiger partial charge in [-0.2, -0.15) is 10.1 Å². The zero-order valence-electron chi connectivity index (χ0n) is 12.6. The smallest absolute Gasteiger partial charge is 0.246 e. The highest BCUT2D eigenvalue weighted by atomic mass is 16.5. The highest BCUT2D eigenvalue weighted by Gasteiger charge is 2.08. The first-order valence-electron chi connectivity index (χ1n) is 7.33. The van der Waals surface area contributed by atoms with E-state index >= 15 is 0 Å². The van der Waals surface area contributed by atoms with Crippen molar-refractivity contribution >= 4 is 16.6 Å². The summed E-state index contributed by atoms with van der Waals surface area (Å²) in [5.74, 6) is 1.15. The molecule has 0 amide bonds. The van der Waals surface area contributed by atoms with Crippen molar-refractivity contribution in [3.05, 3.63) is 60.6 Å². The van der Waals surface area contributed by atoms with Gasteiger partial charge in [0, 0.05) is 23.7 Å². The minimum atomic E-state index is 0.475. The number of anilines is 1. The quantitative estimate of drug-likeness (QED) is 0.627. The second-order valence-electron chi connectivity index (χ2n) is 5.27. The first kappa shape index (κ1) is 13.5. The molecule has 1 N–H and O–H groups in total. The van der Waals surface area contributed by atoms with Crippen molar-refractivity contribution in [1.29, 1.82) is 0 Å². The molecule has 0 saturated heterocycles. The molecule has 0 aliphatic heterocycles. The van der Waals surface area contributed by atoms with E-state index < -0.39 is 0 Å². The molecule has 0 aliphatic carbocycles. The largest absolute Gasteiger partial charge is 0.376 e. The van der Waals surface area contributed by atoms with Gasteiger partial charge in [0.05, 0.1) is 18.3 Å². The lowest BCUT2D eigenvalue weighted by atomic mass is 10.2. The van der Waals surface area contributed by atoms with E-state index in [0.29, 0.717) is 18.3 Å². The van der Waals surface area contributed by atoms with Crippen LogP contribution < -0.4 is 5.32 Å². The molecule has 0 radical (unpaired) electrons. The van der Waals surface area contributed by atoms with Crippen molar-refractivity contribution in [1.82, 2.24) is 19.9 Å². The Morgan fingerprint density at radius 2 is 2.00 bits per heavy atom. The number of aryl methyl sites for hydroxylation is 1. The maximum atomic E-state index is 5.30. The number of nitrogens with one attached hydrogen (secondary N) is 1. The van der Waals surface area contributed by atoms with Gasteiger partial charge in [0.2, 0.25) is 11.7 Å². The molecule has 0 spiro atoms. The predicted octanol–water partition coefficient (Wildman–Crippen LogP) is 3.24. The van der Waals surface area contributed by atoms with E-state index in [-0.39, 0.29) is 0 Å². The molecule has 6 heteroatoms. The van der Waals surface area contributed by atoms with Crippen LogP contribution in [0.4, 0.5) is 5.69 Å². The van der Waals surface area contributed by atoms with Gasteiger partial charge in [0.1, 0.15) is 0 Å². The monoisotopic (exact) mass is 305 g/mol. The van der Waals surface area contributed by atoms with Gasteiger partial charge in [0.15, 0.2) is 0 Å². The maximum absolute atomic E-state index is 5.30. The van der Waals surface area contributed by atoms with Crippen molar-refractivity contribution < 1.29 is 4.52 Å². The number of rotatable bonds is 4. The van der Waals surface area contributed by atoms with Crippen LogP contribution in [0.15, 0.2) is 59.3 Å². The Kier molecular flexibility index (Phi) is 3.27. The summed E-state index contributed by atoms with van der Waals surface area (Å²) in [7, 11) is 1.93. The Balaban J connectivity index is 1.50. The molecule has 0 fully saturated rings. The SMILES string of the molecule is Cn1ncc2ccc(NCc3nc(-c4ccccc4)no3)cc21. The fraction of sp³-hybridized carbons (Fsp3) is 0.118. The molecule has 0 unspecified atom stereocenters. The topological polar surface area (TPSA) is 68.8 Å². The normalized spacial score (nSPS) is 11.0. The van der Waals surface area contributed by atoms with Crippen molar-refractivity contribution in [3.63, 3.8) is 0 Å². The first-order chi connectivity index (χ1) is 11.3. The van der Waals surface area contributed by atoms with Crippen molar-refractivity contribution in [2.24, 2.45) is 7.05 Å². The fourth-order valence-corrected chi connectivity index (χ4v) is 2.46. The number of nitrogens with zero attached hydrogens (tertiary/aromatic N) is 4. The lowest BCUT2D eigenvalue weighted by Gasteiger charge is -2.03. The Morgan fingerprint density at radius 3 is 2.87 bits per heavy atom. The third-order valence-electron chi connectivity index (χ3n) is 3.69. The molecule has 6 nitrogen and oxygen atoms in total. The number of hydrogen-bond acceptors (Lipinski definition) is 5. The second kappa shape index (κ2) is 5.57. The van der Waals surface area contributed by atoms with Crippen LogP contribution in [0.25, 0.3) is 22.3 Å². The minimum Gasteiger partial charge on any atom is -0.376 e. The van der Waals surface area contributed by atoms with E-state index in [9.17, 15) is 0 Å². The van der Waals surface area contributed by atoms with E-state index in [2.05, 4.69) is 26.6 Å². The molecule has 0 bridgehead atoms. The summed E-state index contributed by atoms with van der Waals surface area (Å²) < 4.78 is 7.14. The summed E-state index contributed by atoms with van der Waals surface area (Å²) >= 11 is 0. The molecule has 2 aromatic heterocycles. The summed E-state index contributed by atoms with van der Waals surface area (Å²) in [6.45, 7) is 0.475. The van der Waals surface area contributed by atoms with Gasteiger partial charge in [0.25, 0.3) is 0 Å². The standard InChI is InChI=1S/C17H15N5O/c1-22-15-9-14(8-7-13(15)10-19-22)18-11-16-20-17(21-23-16)12-5-3-2-4-6-12/h2-10,18H,11H2,1H3. The van der Waals surface area contributed by atoms with Crippen LogP contribution in [0, 0.1) is 0 Å². The number of benzene rings is 2. The summed E-state index contributed by atoms with van der Waals surface area (Å²) in [4.78, 5) is 4.41. The number of hydrogen-bond donors (Lipinski definition) is 1. The van der Waals surface area contributed by atoms with Gasteiger partial charge in [-0.3, -0.25) is 4.68 Å². The molecule has 0 aliphatic rings. The molecule has 0 atom stereocenters. The molecule has 4 rings (SSSR count). The van der Waals surface area contributed by atoms with Crippen LogP contribution >= 0.6 is 0 Å². The van der Waals surface area contributed by atoms with Gasteiger partial charge >= 0.3 is 0 Å². The number of fused-ring (bicyclic) bond motifs is 1. The molecule has 114 valence electrons. The van der Waals surface area contributed by atoms with Crippen LogP contribution in [-0.2, 0) is 13.6 Å². The highest BCUT2D eigenvalue weighted by Crippen LogP contribution is 2.19. The average molecular weight is 305 g/mol. The fourth-order valence-electron chi connectivity index (χ4n) is 2.46. The maximum Gasteiger partial charge on any atom is 0.246 e. The molecular formula is C17H15N5O. The van der Waals surface area contributed by atoms with E-state index in [1.165, 1.54) is 0 Å². The van der Waals surface area contributed by atoms with E-state index in [1.54, 1.807) is 0 Å². The van der Waals surface area contributed by atoms with Gasteiger partial charge in [-0.15, -0.1) is 0 Å². The van der Waals surface area contributed by atoms with Crippen LogP contribution in [0.2, 0.25) is 0 Å². The van der Waals surface area contributed by atoms with Crippen LogP contribution in [0.5, 0.6) is 0 Å². The molecule has 23 heavy (non-hydrogen) atoms. The summed E-state index contributed by atoms with van der Waals surface area (Å²) in [6, 6.07) is 15.9. The third-order valence-corrected chi connectivity index (χ3v) is 3.69. The second-order valence-corrected chi connectivity index (χ2v) is 5.27. The van der Waals surface area contributed by atoms with Crippen molar-refractivity contribution in [2.45, 2.75) is 6.54 Å². The molecule has 2 heterocycles. The zero-order valence-corrected chi connectivity index (χ0v) is 12.6. The first-order valence-corrected chi connectivity index (χ1v) is 7.33. The van der Waals surface area contributed by atoms with E-state index in [1.807, 2.05) is 60.4 Å². The van der Waals surface area contributed by atoms with Gasteiger partial charge in [-0.25, -0.2) is 0 Å². The van der Waals surface area contributed by atoms with Gasteiger partial charge < -0.3 is 9.84 Å². The van der Waals surface area contributed by atoms with E-state index in [4.69, 9.17) is 4.52 Å². The predicted molar refractivity (Wildman–Crippen MR) is 87.8 cm³/mol. The van der Waals surface area contributed by atoms with Crippen molar-refractivity contribution in [2.75, 3.05) is 5.32 Å². The Hall–Kier alpha value is -3.15. The van der Waals surface area contributed by atoms with Crippen LogP contribution in [0.3, 0.4) is 0 Å². The zero-order chi connectivity index (χ0) is 15.6. The van der Waals surface area contributed by atoms with Crippen molar-refractivity contribution in [3.8, 4) is 11.4 Å². The van der Waals surface area contributed by atoms with E-state index in [0.717, 1.165) is 22.2 Å². The average Bonchev–Trinajstić information content (AvgIpc) is 3.21. The summed E-state index contributed by atoms with van der Waals surface area (Å²) in [6.07, 6.45) is 1.85. The van der Waals surface area contributed by atoms with Crippen LogP contribution in [0.1, 0.15) is 5.89 Å².